The van der Waals surface area contributed by atoms with Crippen molar-refractivity contribution in [3.63, 3.8) is 0 Å². The van der Waals surface area contributed by atoms with Gasteiger partial charge < -0.3 is 0 Å². The van der Waals surface area contributed by atoms with Crippen LogP contribution in [0.25, 0.3) is 10.6 Å². The van der Waals surface area contributed by atoms with Crippen molar-refractivity contribution in [1.82, 2.24) is 10.2 Å². The van der Waals surface area contributed by atoms with Gasteiger partial charge in [-0.2, -0.15) is 0 Å². The van der Waals surface area contributed by atoms with E-state index < -0.39 is 0 Å². The highest BCUT2D eigenvalue weighted by Crippen LogP contribution is 2.27. The first-order valence-corrected chi connectivity index (χ1v) is 10.3. The first kappa shape index (κ1) is 18.5. The molecule has 0 saturated heterocycles. The van der Waals surface area contributed by atoms with E-state index in [2.05, 4.69) is 43.6 Å². The lowest BCUT2D eigenvalue weighted by molar-refractivity contribution is 0.102. The minimum absolute atomic E-state index is 0.190. The molecule has 0 aliphatic heterocycles. The Labute approximate surface area is 175 Å². The molecule has 3 aromatic carbocycles. The topological polar surface area (TPSA) is 54.9 Å². The summed E-state index contributed by atoms with van der Waals surface area (Å²) in [5.74, 6) is -0.190. The first-order valence-electron chi connectivity index (χ1n) is 8.71. The van der Waals surface area contributed by atoms with Gasteiger partial charge in [-0.05, 0) is 41.8 Å². The second-order valence-corrected chi connectivity index (χ2v) is 8.13. The summed E-state index contributed by atoms with van der Waals surface area (Å²) in [7, 11) is 0. The zero-order chi connectivity index (χ0) is 19.3. The molecule has 138 valence electrons. The zero-order valence-electron chi connectivity index (χ0n) is 14.8. The highest BCUT2D eigenvalue weighted by molar-refractivity contribution is 9.10. The Morgan fingerprint density at radius 2 is 1.54 bits per heavy atom. The second kappa shape index (κ2) is 8.46. The van der Waals surface area contributed by atoms with Crippen LogP contribution in [0.3, 0.4) is 0 Å². The predicted octanol–water partition coefficient (Wildman–Crippen LogP) is 5.81. The molecule has 0 fully saturated rings. The molecule has 0 unspecified atom stereocenters. The van der Waals surface area contributed by atoms with E-state index >= 15 is 0 Å². The number of carbonyl (C=O) groups excluding carboxylic acids is 1. The van der Waals surface area contributed by atoms with Gasteiger partial charge in [-0.15, -0.1) is 10.2 Å². The van der Waals surface area contributed by atoms with Crippen LogP contribution in [0.5, 0.6) is 0 Å². The van der Waals surface area contributed by atoms with Crippen LogP contribution in [0.4, 0.5) is 5.13 Å². The Kier molecular flexibility index (Phi) is 5.60. The average molecular weight is 450 g/mol. The largest absolute Gasteiger partial charge is 0.296 e. The van der Waals surface area contributed by atoms with Crippen LogP contribution in [0.2, 0.25) is 0 Å². The van der Waals surface area contributed by atoms with Gasteiger partial charge in [-0.3, -0.25) is 10.1 Å². The molecule has 4 aromatic rings. The third-order valence-electron chi connectivity index (χ3n) is 4.20. The summed E-state index contributed by atoms with van der Waals surface area (Å²) in [6.45, 7) is 0. The van der Waals surface area contributed by atoms with Crippen LogP contribution in [0, 0.1) is 0 Å². The molecule has 1 amide bonds. The minimum Gasteiger partial charge on any atom is -0.296 e. The lowest BCUT2D eigenvalue weighted by Crippen LogP contribution is -2.11. The highest BCUT2D eigenvalue weighted by atomic mass is 79.9. The van der Waals surface area contributed by atoms with Gasteiger partial charge in [0.05, 0.1) is 0 Å². The van der Waals surface area contributed by atoms with E-state index in [4.69, 9.17) is 0 Å². The van der Waals surface area contributed by atoms with Gasteiger partial charge in [-0.25, -0.2) is 0 Å². The predicted molar refractivity (Wildman–Crippen MR) is 117 cm³/mol. The van der Waals surface area contributed by atoms with Crippen molar-refractivity contribution in [2.75, 3.05) is 5.32 Å². The third kappa shape index (κ3) is 4.52. The molecule has 0 saturated carbocycles. The molecular formula is C22H16BrN3OS. The van der Waals surface area contributed by atoms with Gasteiger partial charge in [0.2, 0.25) is 5.13 Å². The number of rotatable bonds is 5. The molecule has 0 atom stereocenters. The minimum atomic E-state index is -0.190. The van der Waals surface area contributed by atoms with E-state index in [0.29, 0.717) is 10.7 Å². The Hall–Kier alpha value is -2.83. The van der Waals surface area contributed by atoms with E-state index in [-0.39, 0.29) is 5.91 Å². The number of carbonyl (C=O) groups is 1. The summed E-state index contributed by atoms with van der Waals surface area (Å²) in [6.07, 6.45) is 0.843. The second-order valence-electron chi connectivity index (χ2n) is 6.23. The maximum Gasteiger partial charge on any atom is 0.257 e. The molecule has 1 N–H and O–H groups in total. The number of benzene rings is 3. The molecular weight excluding hydrogens is 434 g/mol. The highest BCUT2D eigenvalue weighted by Gasteiger charge is 2.11. The summed E-state index contributed by atoms with van der Waals surface area (Å²) in [4.78, 5) is 12.5. The zero-order valence-corrected chi connectivity index (χ0v) is 17.2. The lowest BCUT2D eigenvalue weighted by atomic mass is 10.0. The standard InChI is InChI=1S/C22H16BrN3OS/c23-19-12-10-18(11-13-19)21-25-26-22(28-21)24-20(27)17-8-6-16(7-9-17)14-15-4-2-1-3-5-15/h1-13H,14H2,(H,24,26,27). The summed E-state index contributed by atoms with van der Waals surface area (Å²) in [5, 5.41) is 12.3. The number of aromatic nitrogens is 2. The summed E-state index contributed by atoms with van der Waals surface area (Å²) in [6, 6.07) is 25.7. The third-order valence-corrected chi connectivity index (χ3v) is 5.62. The molecule has 0 bridgehead atoms. The monoisotopic (exact) mass is 449 g/mol. The average Bonchev–Trinajstić information content (AvgIpc) is 3.18. The molecule has 0 aliphatic rings. The molecule has 0 spiro atoms. The van der Waals surface area contributed by atoms with Crippen molar-refractivity contribution in [3.8, 4) is 10.6 Å². The van der Waals surface area contributed by atoms with Gasteiger partial charge in [0.1, 0.15) is 5.01 Å². The first-order chi connectivity index (χ1) is 13.7. The van der Waals surface area contributed by atoms with Crippen LogP contribution in [0.15, 0.2) is 83.3 Å². The smallest absolute Gasteiger partial charge is 0.257 e. The molecule has 4 nitrogen and oxygen atoms in total. The van der Waals surface area contributed by atoms with Gasteiger partial charge in [0.25, 0.3) is 5.91 Å². The van der Waals surface area contributed by atoms with Crippen LogP contribution in [-0.2, 0) is 6.42 Å². The number of nitrogens with one attached hydrogen (secondary N) is 1. The van der Waals surface area contributed by atoms with Gasteiger partial charge in [0.15, 0.2) is 0 Å². The molecule has 1 heterocycles. The molecule has 1 aromatic heterocycles. The lowest BCUT2D eigenvalue weighted by Gasteiger charge is -2.04. The number of hydrogen-bond donors (Lipinski definition) is 1. The van der Waals surface area contributed by atoms with Crippen molar-refractivity contribution in [1.29, 1.82) is 0 Å². The fraction of sp³-hybridized carbons (Fsp3) is 0.0455. The van der Waals surface area contributed by atoms with E-state index in [1.165, 1.54) is 16.9 Å². The molecule has 6 heteroatoms. The summed E-state index contributed by atoms with van der Waals surface area (Å²) >= 11 is 4.77. The normalized spacial score (nSPS) is 10.6. The van der Waals surface area contributed by atoms with Crippen LogP contribution in [-0.4, -0.2) is 16.1 Å². The number of nitrogens with zero attached hydrogens (tertiary/aromatic N) is 2. The molecule has 28 heavy (non-hydrogen) atoms. The number of anilines is 1. The van der Waals surface area contributed by atoms with Crippen molar-refractivity contribution < 1.29 is 4.79 Å². The fourth-order valence-electron chi connectivity index (χ4n) is 2.76. The maximum absolute atomic E-state index is 12.5. The quantitative estimate of drug-likeness (QED) is 0.418. The van der Waals surface area contributed by atoms with E-state index in [1.54, 1.807) is 0 Å². The molecule has 4 rings (SSSR count). The fourth-order valence-corrected chi connectivity index (χ4v) is 3.77. The van der Waals surface area contributed by atoms with E-state index in [0.717, 1.165) is 27.0 Å². The molecule has 0 radical (unpaired) electrons. The van der Waals surface area contributed by atoms with Gasteiger partial charge >= 0.3 is 0 Å². The van der Waals surface area contributed by atoms with Crippen molar-refractivity contribution >= 4 is 38.3 Å². The Balaban J connectivity index is 1.42. The van der Waals surface area contributed by atoms with Crippen molar-refractivity contribution in [2.24, 2.45) is 0 Å². The van der Waals surface area contributed by atoms with Crippen molar-refractivity contribution in [3.05, 3.63) is 100 Å². The van der Waals surface area contributed by atoms with E-state index in [1.807, 2.05) is 66.7 Å². The van der Waals surface area contributed by atoms with Gasteiger partial charge in [-0.1, -0.05) is 81.9 Å². The van der Waals surface area contributed by atoms with Gasteiger partial charge in [0, 0.05) is 15.6 Å². The van der Waals surface area contributed by atoms with Crippen LogP contribution >= 0.6 is 27.3 Å². The Morgan fingerprint density at radius 3 is 2.25 bits per heavy atom. The van der Waals surface area contributed by atoms with E-state index in [9.17, 15) is 4.79 Å². The Bertz CT molecular complexity index is 1080. The van der Waals surface area contributed by atoms with Crippen LogP contribution in [0.1, 0.15) is 21.5 Å². The Morgan fingerprint density at radius 1 is 0.857 bits per heavy atom. The maximum atomic E-state index is 12.5. The SMILES string of the molecule is O=C(Nc1nnc(-c2ccc(Br)cc2)s1)c1ccc(Cc2ccccc2)cc1. The summed E-state index contributed by atoms with van der Waals surface area (Å²) in [5.41, 5.74) is 3.97. The van der Waals surface area contributed by atoms with Crippen molar-refractivity contribution in [2.45, 2.75) is 6.42 Å². The summed E-state index contributed by atoms with van der Waals surface area (Å²) < 4.78 is 1.00. The number of amides is 1. The molecule has 0 aliphatic carbocycles. The number of halogens is 1. The number of hydrogen-bond acceptors (Lipinski definition) is 4. The van der Waals surface area contributed by atoms with Crippen LogP contribution < -0.4 is 5.32 Å².